The second kappa shape index (κ2) is 7.76. The van der Waals surface area contributed by atoms with E-state index in [1.165, 1.54) is 18.3 Å². The fourth-order valence-electron chi connectivity index (χ4n) is 3.51. The topological polar surface area (TPSA) is 103 Å². The van der Waals surface area contributed by atoms with Crippen LogP contribution in [0.5, 0.6) is 0 Å². The van der Waals surface area contributed by atoms with Gasteiger partial charge in [-0.3, -0.25) is 4.98 Å². The molecule has 0 amide bonds. The van der Waals surface area contributed by atoms with Crippen LogP contribution in [-0.4, -0.2) is 24.9 Å². The molecule has 4 N–H and O–H groups in total. The lowest BCUT2D eigenvalue weighted by Crippen LogP contribution is -2.36. The molecule has 3 atom stereocenters. The van der Waals surface area contributed by atoms with E-state index in [4.69, 9.17) is 4.78 Å². The number of anilines is 1. The number of aryl methyl sites for hydroxylation is 1. The Hall–Kier alpha value is -2.04. The van der Waals surface area contributed by atoms with Crippen LogP contribution in [0.1, 0.15) is 49.9 Å². The number of nitrogens with zero attached hydrogens (tertiary/aromatic N) is 2. The second-order valence-electron chi connectivity index (χ2n) is 7.35. The maximum atomic E-state index is 13.0. The van der Waals surface area contributed by atoms with E-state index in [1.807, 2.05) is 13.8 Å². The number of hydrogen-bond donors (Lipinski definition) is 4. The SMILES string of the molecule is CC(C)[C@H]1CCc2c(cn(C)c2C(O)Nc2ccnc(C(F)F)c2)S(=N)(=O)N1. The number of nitrogens with one attached hydrogen (secondary N) is 3. The molecule has 3 heterocycles. The maximum absolute atomic E-state index is 13.0. The van der Waals surface area contributed by atoms with Crippen LogP contribution in [0.3, 0.4) is 0 Å². The number of aromatic nitrogens is 2. The van der Waals surface area contributed by atoms with Crippen LogP contribution in [0.4, 0.5) is 14.5 Å². The molecule has 3 rings (SSSR count). The van der Waals surface area contributed by atoms with Gasteiger partial charge in [0.25, 0.3) is 6.43 Å². The molecule has 0 aromatic carbocycles. The Kier molecular flexibility index (Phi) is 5.74. The number of aliphatic hydroxyl groups excluding tert-OH is 1. The van der Waals surface area contributed by atoms with Crippen LogP contribution in [0.2, 0.25) is 0 Å². The Bertz CT molecular complexity index is 959. The number of aliphatic hydroxyl groups is 1. The lowest BCUT2D eigenvalue weighted by Gasteiger charge is -2.21. The highest BCUT2D eigenvalue weighted by Gasteiger charge is 2.31. The van der Waals surface area contributed by atoms with Crippen molar-refractivity contribution in [3.05, 3.63) is 41.5 Å². The monoisotopic (exact) mass is 413 g/mol. The second-order valence-corrected chi connectivity index (χ2v) is 9.14. The van der Waals surface area contributed by atoms with Crippen LogP contribution < -0.4 is 10.0 Å². The standard InChI is InChI=1S/C18H25F2N5O2S/c1-10(2)13-5-4-12-15(28(21,27)24-13)9-25(3)16(12)18(26)23-11-6-7-22-14(8-11)17(19)20/h6-10,13,17-18,26H,4-5H2,1-3H3,(H,22,23)(H2,21,24,27)/t13-,18?,28?/m1/s1. The molecule has 28 heavy (non-hydrogen) atoms. The lowest BCUT2D eigenvalue weighted by atomic mass is 9.97. The van der Waals surface area contributed by atoms with Crippen molar-refractivity contribution in [2.45, 2.75) is 50.3 Å². The van der Waals surface area contributed by atoms with Crippen molar-refractivity contribution in [2.75, 3.05) is 5.32 Å². The number of rotatable bonds is 5. The Labute approximate surface area is 163 Å². The van der Waals surface area contributed by atoms with Crippen molar-refractivity contribution in [3.63, 3.8) is 0 Å². The quantitative estimate of drug-likeness (QED) is 0.565. The van der Waals surface area contributed by atoms with Crippen LogP contribution in [-0.2, 0) is 23.4 Å². The summed E-state index contributed by atoms with van der Waals surface area (Å²) in [6, 6.07) is 2.59. The number of alkyl halides is 2. The van der Waals surface area contributed by atoms with Gasteiger partial charge in [-0.1, -0.05) is 13.8 Å². The molecular weight excluding hydrogens is 388 g/mol. The van der Waals surface area contributed by atoms with Crippen molar-refractivity contribution in [1.29, 1.82) is 4.78 Å². The Balaban J connectivity index is 1.94. The van der Waals surface area contributed by atoms with Crippen LogP contribution in [0, 0.1) is 10.7 Å². The fraction of sp³-hybridized carbons (Fsp3) is 0.500. The molecule has 1 aliphatic rings. The lowest BCUT2D eigenvalue weighted by molar-refractivity contribution is 0.146. The number of pyridine rings is 1. The van der Waals surface area contributed by atoms with Crippen molar-refractivity contribution in [3.8, 4) is 0 Å². The van der Waals surface area contributed by atoms with E-state index in [9.17, 15) is 18.1 Å². The van der Waals surface area contributed by atoms with Gasteiger partial charge in [-0.15, -0.1) is 0 Å². The molecule has 7 nitrogen and oxygen atoms in total. The van der Waals surface area contributed by atoms with Crippen LogP contribution >= 0.6 is 0 Å². The summed E-state index contributed by atoms with van der Waals surface area (Å²) in [6.07, 6.45) is 0.140. The molecule has 0 bridgehead atoms. The largest absolute Gasteiger partial charge is 0.368 e. The average Bonchev–Trinajstić information content (AvgIpc) is 2.89. The third-order valence-electron chi connectivity index (χ3n) is 5.00. The van der Waals surface area contributed by atoms with Gasteiger partial charge in [-0.25, -0.2) is 22.5 Å². The summed E-state index contributed by atoms with van der Waals surface area (Å²) in [6.45, 7) is 4.01. The summed E-state index contributed by atoms with van der Waals surface area (Å²) < 4.78 is 51.6. The molecule has 0 spiro atoms. The predicted molar refractivity (Wildman–Crippen MR) is 102 cm³/mol. The van der Waals surface area contributed by atoms with Crippen molar-refractivity contribution in [1.82, 2.24) is 14.3 Å². The van der Waals surface area contributed by atoms with Gasteiger partial charge in [0.1, 0.15) is 15.6 Å². The van der Waals surface area contributed by atoms with Gasteiger partial charge in [0.05, 0.1) is 10.6 Å². The summed E-state index contributed by atoms with van der Waals surface area (Å²) in [7, 11) is -1.52. The van der Waals surface area contributed by atoms with Gasteiger partial charge in [0.2, 0.25) is 0 Å². The van der Waals surface area contributed by atoms with Crippen LogP contribution in [0.25, 0.3) is 0 Å². The van der Waals surface area contributed by atoms with Crippen molar-refractivity contribution < 1.29 is 18.1 Å². The highest BCUT2D eigenvalue weighted by molar-refractivity contribution is 7.90. The van der Waals surface area contributed by atoms with Crippen molar-refractivity contribution >= 4 is 15.6 Å². The van der Waals surface area contributed by atoms with Gasteiger partial charge < -0.3 is 15.0 Å². The van der Waals surface area contributed by atoms with Gasteiger partial charge in [0.15, 0.2) is 6.23 Å². The average molecular weight is 413 g/mol. The first kappa shape index (κ1) is 20.7. The zero-order valence-corrected chi connectivity index (χ0v) is 16.8. The highest BCUT2D eigenvalue weighted by atomic mass is 32.2. The van der Waals surface area contributed by atoms with Crippen molar-refractivity contribution in [2.24, 2.45) is 13.0 Å². The molecule has 0 fully saturated rings. The summed E-state index contributed by atoms with van der Waals surface area (Å²) in [4.78, 5) is 3.96. The first-order valence-corrected chi connectivity index (χ1v) is 10.6. The normalized spacial score (nSPS) is 23.5. The third-order valence-corrected chi connectivity index (χ3v) is 6.61. The van der Waals surface area contributed by atoms with E-state index >= 15 is 0 Å². The van der Waals surface area contributed by atoms with Gasteiger partial charge in [-0.05, 0) is 36.5 Å². The summed E-state index contributed by atoms with van der Waals surface area (Å²) in [5.41, 5.74) is 1.03. The number of halogens is 2. The molecule has 10 heteroatoms. The van der Waals surface area contributed by atoms with Gasteiger partial charge in [0, 0.05) is 31.2 Å². The Morgan fingerprint density at radius 2 is 2.18 bits per heavy atom. The number of fused-ring (bicyclic) bond motifs is 1. The zero-order chi connectivity index (χ0) is 20.6. The fourth-order valence-corrected chi connectivity index (χ4v) is 5.31. The van der Waals surface area contributed by atoms with E-state index in [2.05, 4.69) is 15.0 Å². The summed E-state index contributed by atoms with van der Waals surface area (Å²) >= 11 is 0. The molecule has 0 saturated heterocycles. The summed E-state index contributed by atoms with van der Waals surface area (Å²) in [5, 5.41) is 13.6. The first-order valence-electron chi connectivity index (χ1n) is 9.03. The van der Waals surface area contributed by atoms with Gasteiger partial charge >= 0.3 is 0 Å². The zero-order valence-electron chi connectivity index (χ0n) is 15.9. The Morgan fingerprint density at radius 3 is 2.82 bits per heavy atom. The molecule has 1 aliphatic heterocycles. The molecule has 0 radical (unpaired) electrons. The van der Waals surface area contributed by atoms with E-state index in [0.29, 0.717) is 34.7 Å². The van der Waals surface area contributed by atoms with E-state index in [1.54, 1.807) is 17.8 Å². The minimum Gasteiger partial charge on any atom is -0.368 e. The van der Waals surface area contributed by atoms with Crippen LogP contribution in [0.15, 0.2) is 29.4 Å². The smallest absolute Gasteiger partial charge is 0.280 e. The van der Waals surface area contributed by atoms with Gasteiger partial charge in [-0.2, -0.15) is 0 Å². The van der Waals surface area contributed by atoms with E-state index in [-0.39, 0.29) is 17.7 Å². The highest BCUT2D eigenvalue weighted by Crippen LogP contribution is 2.33. The minimum absolute atomic E-state index is 0.0746. The maximum Gasteiger partial charge on any atom is 0.280 e. The molecule has 2 unspecified atom stereocenters. The molecular formula is C18H25F2N5O2S. The Morgan fingerprint density at radius 1 is 1.46 bits per heavy atom. The minimum atomic E-state index is -3.22. The van der Waals surface area contributed by atoms with E-state index in [0.717, 1.165) is 0 Å². The predicted octanol–water partition coefficient (Wildman–Crippen LogP) is 3.34. The molecule has 0 saturated carbocycles. The molecule has 2 aromatic heterocycles. The first-order chi connectivity index (χ1) is 13.1. The molecule has 154 valence electrons. The summed E-state index contributed by atoms with van der Waals surface area (Å²) in [5.74, 6) is 0.208. The molecule has 0 aliphatic carbocycles. The third kappa shape index (κ3) is 4.03. The number of hydrogen-bond acceptors (Lipinski definition) is 5. The molecule has 2 aromatic rings. The van der Waals surface area contributed by atoms with E-state index < -0.39 is 22.6 Å².